The summed E-state index contributed by atoms with van der Waals surface area (Å²) in [4.78, 5) is 12.4. The van der Waals surface area contributed by atoms with Crippen molar-refractivity contribution < 1.29 is 4.79 Å². The fourth-order valence-electron chi connectivity index (χ4n) is 2.08. The van der Waals surface area contributed by atoms with Crippen molar-refractivity contribution >= 4 is 24.0 Å². The van der Waals surface area contributed by atoms with E-state index in [0.29, 0.717) is 6.54 Å². The van der Waals surface area contributed by atoms with E-state index in [0.717, 1.165) is 29.7 Å². The average Bonchev–Trinajstić information content (AvgIpc) is 2.37. The Bertz CT molecular complexity index is 420. The van der Waals surface area contributed by atoms with Gasteiger partial charge in [-0.2, -0.15) is 0 Å². The van der Waals surface area contributed by atoms with E-state index in [9.17, 15) is 4.79 Å². The topological polar surface area (TPSA) is 55.1 Å². The normalized spacial score (nSPS) is 10.8. The summed E-state index contributed by atoms with van der Waals surface area (Å²) in [6.07, 6.45) is 1.52. The summed E-state index contributed by atoms with van der Waals surface area (Å²) in [7, 11) is 0. The van der Waals surface area contributed by atoms with Crippen molar-refractivity contribution in [1.29, 1.82) is 0 Å². The Labute approximate surface area is 122 Å². The molecule has 0 aliphatic carbocycles. The molecule has 1 rings (SSSR count). The van der Waals surface area contributed by atoms with Crippen molar-refractivity contribution in [2.75, 3.05) is 11.9 Å². The number of amides is 1. The van der Waals surface area contributed by atoms with Crippen molar-refractivity contribution in [1.82, 2.24) is 0 Å². The number of rotatable bonds is 5. The van der Waals surface area contributed by atoms with Crippen LogP contribution in [0.5, 0.6) is 0 Å². The van der Waals surface area contributed by atoms with Gasteiger partial charge in [0.1, 0.15) is 0 Å². The third-order valence-electron chi connectivity index (χ3n) is 3.87. The highest BCUT2D eigenvalue weighted by Crippen LogP contribution is 2.28. The van der Waals surface area contributed by atoms with Crippen LogP contribution in [-0.2, 0) is 4.79 Å². The molecule has 3 nitrogen and oxygen atoms in total. The SMILES string of the molecule is CCC(CC)(CN)C(=O)Nc1cc(C)ccc1C.Cl. The first-order valence-corrected chi connectivity index (χ1v) is 6.58. The molecule has 0 spiro atoms. The Morgan fingerprint density at radius 2 is 1.84 bits per heavy atom. The minimum absolute atomic E-state index is 0. The Morgan fingerprint density at radius 3 is 2.32 bits per heavy atom. The molecule has 0 heterocycles. The molecule has 0 aliphatic heterocycles. The summed E-state index contributed by atoms with van der Waals surface area (Å²) < 4.78 is 0. The summed E-state index contributed by atoms with van der Waals surface area (Å²) in [5.74, 6) is 0.0312. The first kappa shape index (κ1) is 17.9. The minimum Gasteiger partial charge on any atom is -0.329 e. The minimum atomic E-state index is -0.448. The second-order valence-corrected chi connectivity index (χ2v) is 4.96. The van der Waals surface area contributed by atoms with Gasteiger partial charge in [-0.25, -0.2) is 0 Å². The Morgan fingerprint density at radius 1 is 1.26 bits per heavy atom. The third kappa shape index (κ3) is 3.95. The maximum Gasteiger partial charge on any atom is 0.231 e. The summed E-state index contributed by atoms with van der Waals surface area (Å²) in [5.41, 5.74) is 8.45. The van der Waals surface area contributed by atoms with Crippen LogP contribution >= 0.6 is 12.4 Å². The molecule has 19 heavy (non-hydrogen) atoms. The van der Waals surface area contributed by atoms with Gasteiger partial charge in [0.2, 0.25) is 5.91 Å². The van der Waals surface area contributed by atoms with E-state index >= 15 is 0 Å². The first-order valence-electron chi connectivity index (χ1n) is 6.58. The fraction of sp³-hybridized carbons (Fsp3) is 0.533. The molecule has 108 valence electrons. The van der Waals surface area contributed by atoms with E-state index in [2.05, 4.69) is 5.32 Å². The second kappa shape index (κ2) is 7.51. The van der Waals surface area contributed by atoms with Crippen LogP contribution in [0.15, 0.2) is 18.2 Å². The van der Waals surface area contributed by atoms with Gasteiger partial charge >= 0.3 is 0 Å². The lowest BCUT2D eigenvalue weighted by atomic mass is 9.81. The van der Waals surface area contributed by atoms with Crippen molar-refractivity contribution in [2.24, 2.45) is 11.1 Å². The highest BCUT2D eigenvalue weighted by molar-refractivity contribution is 5.96. The summed E-state index contributed by atoms with van der Waals surface area (Å²) >= 11 is 0. The zero-order chi connectivity index (χ0) is 13.8. The van der Waals surface area contributed by atoms with Gasteiger partial charge in [-0.05, 0) is 43.9 Å². The van der Waals surface area contributed by atoms with E-state index in [-0.39, 0.29) is 18.3 Å². The van der Waals surface area contributed by atoms with Gasteiger partial charge in [-0.1, -0.05) is 26.0 Å². The number of carbonyl (C=O) groups is 1. The standard InChI is InChI=1S/C15H24N2O.ClH/c1-5-15(6-2,10-16)14(18)17-13-9-11(3)7-8-12(13)4;/h7-9H,5-6,10,16H2,1-4H3,(H,17,18);1H. The lowest BCUT2D eigenvalue weighted by molar-refractivity contribution is -0.125. The molecule has 0 unspecified atom stereocenters. The van der Waals surface area contributed by atoms with Crippen LogP contribution < -0.4 is 11.1 Å². The molecular formula is C15H25ClN2O. The molecule has 3 N–H and O–H groups in total. The Balaban J connectivity index is 0.00000324. The molecule has 0 atom stereocenters. The molecule has 0 fully saturated rings. The van der Waals surface area contributed by atoms with E-state index in [4.69, 9.17) is 5.73 Å². The molecule has 1 aromatic carbocycles. The van der Waals surface area contributed by atoms with Gasteiger partial charge in [-0.15, -0.1) is 12.4 Å². The van der Waals surface area contributed by atoms with E-state index in [1.54, 1.807) is 0 Å². The summed E-state index contributed by atoms with van der Waals surface area (Å²) in [6.45, 7) is 8.43. The van der Waals surface area contributed by atoms with Gasteiger partial charge < -0.3 is 11.1 Å². The number of aryl methyl sites for hydroxylation is 2. The highest BCUT2D eigenvalue weighted by atomic mass is 35.5. The van der Waals surface area contributed by atoms with Gasteiger partial charge in [-0.3, -0.25) is 4.79 Å². The number of nitrogens with one attached hydrogen (secondary N) is 1. The van der Waals surface area contributed by atoms with Crippen molar-refractivity contribution in [3.05, 3.63) is 29.3 Å². The molecule has 1 amide bonds. The average molecular weight is 285 g/mol. The van der Waals surface area contributed by atoms with Gasteiger partial charge in [0.05, 0.1) is 5.41 Å². The first-order chi connectivity index (χ1) is 8.49. The molecule has 0 radical (unpaired) electrons. The number of hydrogen-bond acceptors (Lipinski definition) is 2. The molecule has 0 aliphatic rings. The van der Waals surface area contributed by atoms with E-state index in [1.165, 1.54) is 0 Å². The predicted molar refractivity (Wildman–Crippen MR) is 83.9 cm³/mol. The lowest BCUT2D eigenvalue weighted by Crippen LogP contribution is -2.41. The molecular weight excluding hydrogens is 260 g/mol. The fourth-order valence-corrected chi connectivity index (χ4v) is 2.08. The van der Waals surface area contributed by atoms with Crippen LogP contribution in [0.25, 0.3) is 0 Å². The molecule has 4 heteroatoms. The van der Waals surface area contributed by atoms with Gasteiger partial charge in [0.15, 0.2) is 0 Å². The van der Waals surface area contributed by atoms with Crippen LogP contribution in [0.3, 0.4) is 0 Å². The number of benzene rings is 1. The van der Waals surface area contributed by atoms with E-state index in [1.807, 2.05) is 45.9 Å². The maximum atomic E-state index is 12.4. The molecule has 0 bridgehead atoms. The number of halogens is 1. The molecule has 0 aromatic heterocycles. The smallest absolute Gasteiger partial charge is 0.231 e. The Hall–Kier alpha value is -1.06. The monoisotopic (exact) mass is 284 g/mol. The van der Waals surface area contributed by atoms with Crippen LogP contribution in [0, 0.1) is 19.3 Å². The third-order valence-corrected chi connectivity index (χ3v) is 3.87. The number of carbonyl (C=O) groups excluding carboxylic acids is 1. The molecule has 0 saturated heterocycles. The van der Waals surface area contributed by atoms with Crippen molar-refractivity contribution in [3.63, 3.8) is 0 Å². The summed E-state index contributed by atoms with van der Waals surface area (Å²) in [6, 6.07) is 6.06. The van der Waals surface area contributed by atoms with Crippen LogP contribution in [0.2, 0.25) is 0 Å². The zero-order valence-corrected chi connectivity index (χ0v) is 13.1. The Kier molecular flexibility index (Phi) is 7.09. The van der Waals surface area contributed by atoms with Crippen LogP contribution in [0.1, 0.15) is 37.8 Å². The highest BCUT2D eigenvalue weighted by Gasteiger charge is 2.33. The largest absolute Gasteiger partial charge is 0.329 e. The van der Waals surface area contributed by atoms with E-state index < -0.39 is 5.41 Å². The zero-order valence-electron chi connectivity index (χ0n) is 12.2. The van der Waals surface area contributed by atoms with Crippen LogP contribution in [0.4, 0.5) is 5.69 Å². The van der Waals surface area contributed by atoms with Gasteiger partial charge in [0, 0.05) is 12.2 Å². The molecule has 0 saturated carbocycles. The maximum absolute atomic E-state index is 12.4. The van der Waals surface area contributed by atoms with Crippen molar-refractivity contribution in [2.45, 2.75) is 40.5 Å². The van der Waals surface area contributed by atoms with Crippen LogP contribution in [-0.4, -0.2) is 12.5 Å². The van der Waals surface area contributed by atoms with Gasteiger partial charge in [0.25, 0.3) is 0 Å². The predicted octanol–water partition coefficient (Wildman–Crippen LogP) is 3.43. The lowest BCUT2D eigenvalue weighted by Gasteiger charge is -2.29. The number of nitrogens with two attached hydrogens (primary N) is 1. The number of hydrogen-bond donors (Lipinski definition) is 2. The quantitative estimate of drug-likeness (QED) is 0.870. The molecule has 1 aromatic rings. The number of anilines is 1. The second-order valence-electron chi connectivity index (χ2n) is 4.96. The summed E-state index contributed by atoms with van der Waals surface area (Å²) in [5, 5.41) is 3.03. The van der Waals surface area contributed by atoms with Crippen molar-refractivity contribution in [3.8, 4) is 0 Å².